The molecule has 0 nitrogen and oxygen atoms in total. The first-order valence-electron chi connectivity index (χ1n) is 6.17. The maximum atomic E-state index is 6.24. The smallest absolute Gasteiger partial charge is 0.0453 e. The van der Waals surface area contributed by atoms with E-state index in [9.17, 15) is 0 Å². The predicted molar refractivity (Wildman–Crippen MR) is 87.9 cm³/mol. The molecule has 0 aliphatic rings. The monoisotopic (exact) mass is 356 g/mol. The van der Waals surface area contributed by atoms with Gasteiger partial charge in [-0.05, 0) is 42.5 Å². The van der Waals surface area contributed by atoms with Crippen molar-refractivity contribution in [3.8, 4) is 0 Å². The SMILES string of the molecule is Cc1ccc(C(CBr)Cc2c(Cl)cccc2Cl)cc1. The molecule has 0 aliphatic carbocycles. The van der Waals surface area contributed by atoms with Crippen LogP contribution in [0.3, 0.4) is 0 Å². The fraction of sp³-hybridized carbons (Fsp3) is 0.250. The Balaban J connectivity index is 2.26. The minimum Gasteiger partial charge on any atom is -0.0921 e. The molecule has 0 bridgehead atoms. The molecule has 2 rings (SSSR count). The molecule has 0 aliphatic heterocycles. The van der Waals surface area contributed by atoms with Gasteiger partial charge in [-0.25, -0.2) is 0 Å². The number of hydrogen-bond acceptors (Lipinski definition) is 0. The number of rotatable bonds is 4. The van der Waals surface area contributed by atoms with Gasteiger partial charge in [0.15, 0.2) is 0 Å². The molecule has 1 unspecified atom stereocenters. The van der Waals surface area contributed by atoms with Gasteiger partial charge in [0.1, 0.15) is 0 Å². The van der Waals surface area contributed by atoms with E-state index in [1.165, 1.54) is 11.1 Å². The van der Waals surface area contributed by atoms with Crippen LogP contribution in [0.25, 0.3) is 0 Å². The first-order valence-corrected chi connectivity index (χ1v) is 8.05. The normalized spacial score (nSPS) is 12.4. The highest BCUT2D eigenvalue weighted by Gasteiger charge is 2.15. The highest BCUT2D eigenvalue weighted by molar-refractivity contribution is 9.09. The third-order valence-corrected chi connectivity index (χ3v) is 4.74. The second kappa shape index (κ2) is 6.78. The maximum absolute atomic E-state index is 6.24. The summed E-state index contributed by atoms with van der Waals surface area (Å²) in [7, 11) is 0. The summed E-state index contributed by atoms with van der Waals surface area (Å²) in [5.41, 5.74) is 3.60. The molecular weight excluding hydrogens is 343 g/mol. The molecule has 3 heteroatoms. The lowest BCUT2D eigenvalue weighted by molar-refractivity contribution is 0.775. The summed E-state index contributed by atoms with van der Waals surface area (Å²) in [5, 5.41) is 2.37. The summed E-state index contributed by atoms with van der Waals surface area (Å²) in [5.74, 6) is 0.373. The molecule has 0 radical (unpaired) electrons. The van der Waals surface area contributed by atoms with E-state index in [0.717, 1.165) is 27.4 Å². The molecule has 0 saturated heterocycles. The van der Waals surface area contributed by atoms with Crippen LogP contribution in [0.15, 0.2) is 42.5 Å². The number of hydrogen-bond donors (Lipinski definition) is 0. The first-order chi connectivity index (χ1) is 9.11. The van der Waals surface area contributed by atoms with Crippen LogP contribution < -0.4 is 0 Å². The topological polar surface area (TPSA) is 0 Å². The third-order valence-electron chi connectivity index (χ3n) is 3.25. The molecule has 0 amide bonds. The Morgan fingerprint density at radius 3 is 2.11 bits per heavy atom. The molecule has 100 valence electrons. The van der Waals surface area contributed by atoms with Crippen molar-refractivity contribution >= 4 is 39.1 Å². The van der Waals surface area contributed by atoms with E-state index < -0.39 is 0 Å². The number of alkyl halides is 1. The van der Waals surface area contributed by atoms with Crippen molar-refractivity contribution in [3.05, 3.63) is 69.2 Å². The molecule has 0 saturated carbocycles. The Hall–Kier alpha value is -0.500. The van der Waals surface area contributed by atoms with Gasteiger partial charge >= 0.3 is 0 Å². The van der Waals surface area contributed by atoms with Crippen molar-refractivity contribution < 1.29 is 0 Å². The lowest BCUT2D eigenvalue weighted by Crippen LogP contribution is -2.05. The number of aryl methyl sites for hydroxylation is 1. The summed E-state index contributed by atoms with van der Waals surface area (Å²) >= 11 is 16.1. The minimum absolute atomic E-state index is 0.373. The highest BCUT2D eigenvalue weighted by Crippen LogP contribution is 2.31. The van der Waals surface area contributed by atoms with Crippen LogP contribution in [0, 0.1) is 6.92 Å². The Morgan fingerprint density at radius 2 is 1.58 bits per heavy atom. The summed E-state index contributed by atoms with van der Waals surface area (Å²) in [6, 6.07) is 14.3. The Morgan fingerprint density at radius 1 is 1.00 bits per heavy atom. The molecule has 0 aromatic heterocycles. The van der Waals surface area contributed by atoms with Gasteiger partial charge in [0.05, 0.1) is 0 Å². The molecule has 0 N–H and O–H groups in total. The van der Waals surface area contributed by atoms with E-state index >= 15 is 0 Å². The molecule has 2 aromatic rings. The van der Waals surface area contributed by atoms with Crippen LogP contribution >= 0.6 is 39.1 Å². The zero-order valence-corrected chi connectivity index (χ0v) is 13.8. The quantitative estimate of drug-likeness (QED) is 0.586. The second-order valence-electron chi connectivity index (χ2n) is 4.67. The fourth-order valence-electron chi connectivity index (χ4n) is 2.07. The lowest BCUT2D eigenvalue weighted by Gasteiger charge is -2.17. The molecule has 0 spiro atoms. The van der Waals surface area contributed by atoms with E-state index in [0.29, 0.717) is 5.92 Å². The molecular formula is C16H15BrCl2. The molecule has 0 heterocycles. The van der Waals surface area contributed by atoms with Crippen molar-refractivity contribution in [1.82, 2.24) is 0 Å². The van der Waals surface area contributed by atoms with Gasteiger partial charge in [-0.3, -0.25) is 0 Å². The van der Waals surface area contributed by atoms with E-state index in [2.05, 4.69) is 47.1 Å². The summed E-state index contributed by atoms with van der Waals surface area (Å²) in [6.45, 7) is 2.10. The zero-order valence-electron chi connectivity index (χ0n) is 10.7. The third kappa shape index (κ3) is 3.75. The standard InChI is InChI=1S/C16H15BrCl2/c1-11-5-7-12(8-6-11)13(10-17)9-14-15(18)3-2-4-16(14)19/h2-8,13H,9-10H2,1H3. The molecule has 0 fully saturated rings. The Kier molecular flexibility index (Phi) is 5.32. The number of halogens is 3. The van der Waals surface area contributed by atoms with Gasteiger partial charge < -0.3 is 0 Å². The predicted octanol–water partition coefficient (Wildman–Crippen LogP) is 6.02. The van der Waals surface area contributed by atoms with Crippen molar-refractivity contribution in [2.24, 2.45) is 0 Å². The Labute approximate surface area is 132 Å². The van der Waals surface area contributed by atoms with Gasteiger partial charge in [0, 0.05) is 15.4 Å². The van der Waals surface area contributed by atoms with Crippen molar-refractivity contribution in [2.75, 3.05) is 5.33 Å². The molecule has 19 heavy (non-hydrogen) atoms. The summed E-state index contributed by atoms with van der Waals surface area (Å²) in [4.78, 5) is 0. The minimum atomic E-state index is 0.373. The molecule has 2 aromatic carbocycles. The van der Waals surface area contributed by atoms with E-state index in [1.807, 2.05) is 18.2 Å². The average molecular weight is 358 g/mol. The van der Waals surface area contributed by atoms with E-state index in [1.54, 1.807) is 0 Å². The van der Waals surface area contributed by atoms with Crippen LogP contribution in [0.1, 0.15) is 22.6 Å². The van der Waals surface area contributed by atoms with Crippen LogP contribution in [0.4, 0.5) is 0 Å². The molecule has 1 atom stereocenters. The highest BCUT2D eigenvalue weighted by atomic mass is 79.9. The van der Waals surface area contributed by atoms with Crippen molar-refractivity contribution in [2.45, 2.75) is 19.3 Å². The van der Waals surface area contributed by atoms with Crippen LogP contribution in [0.2, 0.25) is 10.0 Å². The average Bonchev–Trinajstić information content (AvgIpc) is 2.40. The summed E-state index contributed by atoms with van der Waals surface area (Å²) in [6.07, 6.45) is 0.840. The van der Waals surface area contributed by atoms with Gasteiger partial charge in [-0.2, -0.15) is 0 Å². The maximum Gasteiger partial charge on any atom is 0.0453 e. The lowest BCUT2D eigenvalue weighted by atomic mass is 9.93. The fourth-order valence-corrected chi connectivity index (χ4v) is 3.23. The van der Waals surface area contributed by atoms with Gasteiger partial charge in [0.25, 0.3) is 0 Å². The number of benzene rings is 2. The first kappa shape index (κ1) is 14.9. The van der Waals surface area contributed by atoms with E-state index in [-0.39, 0.29) is 0 Å². The van der Waals surface area contributed by atoms with E-state index in [4.69, 9.17) is 23.2 Å². The largest absolute Gasteiger partial charge is 0.0921 e. The van der Waals surface area contributed by atoms with Crippen molar-refractivity contribution in [1.29, 1.82) is 0 Å². The van der Waals surface area contributed by atoms with Gasteiger partial charge in [0.2, 0.25) is 0 Å². The van der Waals surface area contributed by atoms with Crippen LogP contribution in [-0.2, 0) is 6.42 Å². The Bertz CT molecular complexity index is 529. The van der Waals surface area contributed by atoms with Crippen molar-refractivity contribution in [3.63, 3.8) is 0 Å². The van der Waals surface area contributed by atoms with Gasteiger partial charge in [-0.15, -0.1) is 0 Å². The summed E-state index contributed by atoms with van der Waals surface area (Å²) < 4.78 is 0. The second-order valence-corrected chi connectivity index (χ2v) is 6.13. The van der Waals surface area contributed by atoms with Gasteiger partial charge in [-0.1, -0.05) is 75.0 Å². The van der Waals surface area contributed by atoms with Crippen LogP contribution in [-0.4, -0.2) is 5.33 Å². The zero-order chi connectivity index (χ0) is 13.8. The van der Waals surface area contributed by atoms with Crippen LogP contribution in [0.5, 0.6) is 0 Å².